The molecule has 19 heavy (non-hydrogen) atoms. The minimum absolute atomic E-state index is 0.772. The summed E-state index contributed by atoms with van der Waals surface area (Å²) in [7, 11) is 6.38. The summed E-state index contributed by atoms with van der Waals surface area (Å²) in [6, 6.07) is 9.78. The summed E-state index contributed by atoms with van der Waals surface area (Å²) in [4.78, 5) is 4.94. The Morgan fingerprint density at radius 1 is 1.11 bits per heavy atom. The van der Waals surface area contributed by atoms with Crippen molar-refractivity contribution >= 4 is 0 Å². The van der Waals surface area contributed by atoms with E-state index in [1.165, 1.54) is 37.1 Å². The number of hydrogen-bond donors (Lipinski definition) is 1. The maximum Gasteiger partial charge on any atom is 0.0233 e. The molecule has 1 heterocycles. The molecule has 1 aromatic carbocycles. The van der Waals surface area contributed by atoms with Gasteiger partial charge in [-0.25, -0.2) is 0 Å². The highest BCUT2D eigenvalue weighted by Crippen LogP contribution is 2.16. The second kappa shape index (κ2) is 7.04. The van der Waals surface area contributed by atoms with Crippen molar-refractivity contribution in [2.75, 3.05) is 34.2 Å². The first-order valence-corrected chi connectivity index (χ1v) is 7.30. The predicted octanol–water partition coefficient (Wildman–Crippen LogP) is 1.93. The van der Waals surface area contributed by atoms with Gasteiger partial charge in [0.15, 0.2) is 0 Å². The number of rotatable bonds is 5. The van der Waals surface area contributed by atoms with E-state index < -0.39 is 0 Å². The fourth-order valence-electron chi connectivity index (χ4n) is 2.82. The molecule has 0 saturated carbocycles. The van der Waals surface area contributed by atoms with Crippen LogP contribution in [0.5, 0.6) is 0 Å². The second-order valence-electron chi connectivity index (χ2n) is 5.82. The van der Waals surface area contributed by atoms with Crippen molar-refractivity contribution < 1.29 is 0 Å². The van der Waals surface area contributed by atoms with Gasteiger partial charge in [0.05, 0.1) is 0 Å². The summed E-state index contributed by atoms with van der Waals surface area (Å²) in [6.07, 6.45) is 2.59. The molecule has 106 valence electrons. The zero-order valence-electron chi connectivity index (χ0n) is 12.5. The topological polar surface area (TPSA) is 18.5 Å². The van der Waals surface area contributed by atoms with Gasteiger partial charge in [-0.15, -0.1) is 0 Å². The fraction of sp³-hybridized carbons (Fsp3) is 0.625. The Morgan fingerprint density at radius 3 is 2.21 bits per heavy atom. The van der Waals surface area contributed by atoms with Gasteiger partial charge in [0.25, 0.3) is 0 Å². The summed E-state index contributed by atoms with van der Waals surface area (Å²) in [5.41, 5.74) is 2.79. The van der Waals surface area contributed by atoms with Crippen LogP contribution in [-0.4, -0.2) is 50.1 Å². The van der Waals surface area contributed by atoms with Crippen LogP contribution in [0.3, 0.4) is 0 Å². The van der Waals surface area contributed by atoms with Crippen molar-refractivity contribution in [3.8, 4) is 0 Å². The number of nitrogens with one attached hydrogen (secondary N) is 1. The SMILES string of the molecule is CNCc1ccc(CN2CCC(N(C)C)CC2)cc1. The van der Waals surface area contributed by atoms with Crippen LogP contribution < -0.4 is 5.32 Å². The molecule has 0 amide bonds. The highest BCUT2D eigenvalue weighted by molar-refractivity contribution is 5.22. The van der Waals surface area contributed by atoms with Gasteiger partial charge in [-0.1, -0.05) is 24.3 Å². The van der Waals surface area contributed by atoms with Gasteiger partial charge >= 0.3 is 0 Å². The van der Waals surface area contributed by atoms with Crippen molar-refractivity contribution in [1.29, 1.82) is 0 Å². The lowest BCUT2D eigenvalue weighted by atomic mass is 10.0. The van der Waals surface area contributed by atoms with E-state index in [9.17, 15) is 0 Å². The van der Waals surface area contributed by atoms with Crippen LogP contribution in [0, 0.1) is 0 Å². The molecule has 1 aliphatic rings. The molecule has 0 bridgehead atoms. The van der Waals surface area contributed by atoms with Crippen LogP contribution in [-0.2, 0) is 13.1 Å². The normalized spacial score (nSPS) is 18.1. The van der Waals surface area contributed by atoms with E-state index in [2.05, 4.69) is 53.5 Å². The Kier molecular flexibility index (Phi) is 5.37. The lowest BCUT2D eigenvalue weighted by Crippen LogP contribution is -2.41. The second-order valence-corrected chi connectivity index (χ2v) is 5.82. The number of likely N-dealkylation sites (tertiary alicyclic amines) is 1. The van der Waals surface area contributed by atoms with E-state index >= 15 is 0 Å². The van der Waals surface area contributed by atoms with Crippen molar-refractivity contribution in [2.24, 2.45) is 0 Å². The maximum atomic E-state index is 3.19. The molecule has 3 heteroatoms. The molecule has 1 fully saturated rings. The molecule has 1 aromatic rings. The van der Waals surface area contributed by atoms with Crippen LogP contribution >= 0.6 is 0 Å². The highest BCUT2D eigenvalue weighted by atomic mass is 15.2. The quantitative estimate of drug-likeness (QED) is 0.874. The number of benzene rings is 1. The molecule has 0 unspecified atom stereocenters. The molecule has 0 spiro atoms. The minimum atomic E-state index is 0.772. The van der Waals surface area contributed by atoms with Crippen LogP contribution in [0.1, 0.15) is 24.0 Å². The molecule has 1 aliphatic heterocycles. The molecule has 0 aromatic heterocycles. The summed E-state index contributed by atoms with van der Waals surface area (Å²) in [5, 5.41) is 3.19. The summed E-state index contributed by atoms with van der Waals surface area (Å²) >= 11 is 0. The molecular weight excluding hydrogens is 234 g/mol. The highest BCUT2D eigenvalue weighted by Gasteiger charge is 2.20. The maximum absolute atomic E-state index is 3.19. The third-order valence-electron chi connectivity index (χ3n) is 4.10. The molecule has 1 N–H and O–H groups in total. The van der Waals surface area contributed by atoms with Gasteiger partial charge in [0.2, 0.25) is 0 Å². The molecule has 0 aliphatic carbocycles. The van der Waals surface area contributed by atoms with Gasteiger partial charge in [0, 0.05) is 19.1 Å². The lowest BCUT2D eigenvalue weighted by Gasteiger charge is -2.35. The van der Waals surface area contributed by atoms with Gasteiger partial charge in [-0.2, -0.15) is 0 Å². The first-order valence-electron chi connectivity index (χ1n) is 7.30. The first-order chi connectivity index (χ1) is 9.19. The Bertz CT molecular complexity index is 364. The zero-order valence-corrected chi connectivity index (χ0v) is 12.5. The van der Waals surface area contributed by atoms with Crippen molar-refractivity contribution in [2.45, 2.75) is 32.0 Å². The molecule has 3 nitrogen and oxygen atoms in total. The number of piperidine rings is 1. The van der Waals surface area contributed by atoms with Crippen molar-refractivity contribution in [3.63, 3.8) is 0 Å². The minimum Gasteiger partial charge on any atom is -0.316 e. The van der Waals surface area contributed by atoms with E-state index in [1.807, 2.05) is 7.05 Å². The Hall–Kier alpha value is -0.900. The van der Waals surface area contributed by atoms with E-state index in [-0.39, 0.29) is 0 Å². The van der Waals surface area contributed by atoms with Crippen molar-refractivity contribution in [1.82, 2.24) is 15.1 Å². The molecular formula is C16H27N3. The molecule has 0 atom stereocenters. The van der Waals surface area contributed by atoms with Crippen LogP contribution in [0.2, 0.25) is 0 Å². The molecule has 1 saturated heterocycles. The van der Waals surface area contributed by atoms with Crippen LogP contribution in [0.25, 0.3) is 0 Å². The van der Waals surface area contributed by atoms with E-state index in [4.69, 9.17) is 0 Å². The van der Waals surface area contributed by atoms with E-state index in [0.717, 1.165) is 19.1 Å². The summed E-state index contributed by atoms with van der Waals surface area (Å²) in [5.74, 6) is 0. The lowest BCUT2D eigenvalue weighted by molar-refractivity contribution is 0.140. The molecule has 2 rings (SSSR count). The summed E-state index contributed by atoms with van der Waals surface area (Å²) in [6.45, 7) is 4.50. The summed E-state index contributed by atoms with van der Waals surface area (Å²) < 4.78 is 0. The van der Waals surface area contributed by atoms with Gasteiger partial charge in [-0.05, 0) is 58.2 Å². The van der Waals surface area contributed by atoms with Gasteiger partial charge < -0.3 is 10.2 Å². The largest absolute Gasteiger partial charge is 0.316 e. The van der Waals surface area contributed by atoms with Crippen LogP contribution in [0.4, 0.5) is 0 Å². The monoisotopic (exact) mass is 261 g/mol. The fourth-order valence-corrected chi connectivity index (χ4v) is 2.82. The average molecular weight is 261 g/mol. The Labute approximate surface area is 117 Å². The van der Waals surface area contributed by atoms with E-state index in [0.29, 0.717) is 0 Å². The third-order valence-corrected chi connectivity index (χ3v) is 4.10. The standard InChI is InChI=1S/C16H27N3/c1-17-12-14-4-6-15(7-5-14)13-19-10-8-16(9-11-19)18(2)3/h4-7,16-17H,8-13H2,1-3H3. The van der Waals surface area contributed by atoms with Gasteiger partial charge in [-0.3, -0.25) is 4.90 Å². The predicted molar refractivity (Wildman–Crippen MR) is 81.2 cm³/mol. The third kappa shape index (κ3) is 4.30. The first kappa shape index (κ1) is 14.5. The zero-order chi connectivity index (χ0) is 13.7. The van der Waals surface area contributed by atoms with Crippen LogP contribution in [0.15, 0.2) is 24.3 Å². The Morgan fingerprint density at radius 2 is 1.68 bits per heavy atom. The number of nitrogens with zero attached hydrogens (tertiary/aromatic N) is 2. The van der Waals surface area contributed by atoms with Crippen molar-refractivity contribution in [3.05, 3.63) is 35.4 Å². The Balaban J connectivity index is 1.82. The van der Waals surface area contributed by atoms with E-state index in [1.54, 1.807) is 0 Å². The smallest absolute Gasteiger partial charge is 0.0233 e. The van der Waals surface area contributed by atoms with Gasteiger partial charge in [0.1, 0.15) is 0 Å². The molecule has 0 radical (unpaired) electrons. The number of hydrogen-bond acceptors (Lipinski definition) is 3. The average Bonchev–Trinajstić information content (AvgIpc) is 2.42.